The highest BCUT2D eigenvalue weighted by Crippen LogP contribution is 2.51. The fourth-order valence-electron chi connectivity index (χ4n) is 13.9. The summed E-state index contributed by atoms with van der Waals surface area (Å²) in [6, 6.07) is 81.0. The Hall–Kier alpha value is -8.66. The fourth-order valence-corrected chi connectivity index (χ4v) is 13.9. The van der Waals surface area contributed by atoms with Crippen LogP contribution in [0.1, 0.15) is 75.3 Å². The Balaban J connectivity index is 1.11. The maximum Gasteiger partial charge on any atom is 0.329 e. The van der Waals surface area contributed by atoms with Crippen LogP contribution in [-0.4, -0.2) is 11.3 Å². The summed E-state index contributed by atoms with van der Waals surface area (Å²) in [5.41, 5.74) is 21.0. The Morgan fingerprint density at radius 3 is 1.58 bits per heavy atom. The van der Waals surface area contributed by atoms with Crippen LogP contribution in [0.3, 0.4) is 0 Å². The monoisotopic (exact) mass is 971 g/mol. The third kappa shape index (κ3) is 6.17. The molecule has 12 aromatic carbocycles. The van der Waals surface area contributed by atoms with Gasteiger partial charge in [0.2, 0.25) is 0 Å². The fraction of sp³-hybridized carbons (Fsp3) is 0.123. The summed E-state index contributed by atoms with van der Waals surface area (Å²) < 4.78 is 9.92. The van der Waals surface area contributed by atoms with E-state index in [4.69, 9.17) is 4.42 Å². The molecule has 16 rings (SSSR count). The first-order valence-corrected chi connectivity index (χ1v) is 27.1. The lowest BCUT2D eigenvalue weighted by Gasteiger charge is -2.39. The summed E-state index contributed by atoms with van der Waals surface area (Å²) in [7, 11) is 0. The van der Waals surface area contributed by atoms with Crippen LogP contribution in [0, 0.1) is 0 Å². The van der Waals surface area contributed by atoms with Gasteiger partial charge in [0.1, 0.15) is 11.2 Å². The van der Waals surface area contributed by atoms with Crippen molar-refractivity contribution >= 4 is 105 Å². The first-order valence-electron chi connectivity index (χ1n) is 27.1. The minimum absolute atomic E-state index is 0.0278. The first-order chi connectivity index (χ1) is 36.9. The van der Waals surface area contributed by atoms with E-state index in [2.05, 4.69) is 258 Å². The number of hydrogen-bond acceptors (Lipinski definition) is 1. The van der Waals surface area contributed by atoms with Crippen molar-refractivity contribution in [2.75, 3.05) is 0 Å². The second-order valence-electron chi connectivity index (χ2n) is 24.0. The molecule has 1 atom stereocenters. The minimum Gasteiger partial charge on any atom is -0.456 e. The summed E-state index contributed by atoms with van der Waals surface area (Å²) in [5.74, 6) is -0.144. The SMILES string of the molecule is CC(C)(C)c1ccc2c(c1)c1cc(C(C)(C)C)cc3c1n2B1c2cc4cc5c6ccccc6c6ccccc6c5cc4cc2C(c2cc(-c4ccccc4)cc(-c4ccccc4)c2)c2cc4oc5ccccc5c4c-3c21. The van der Waals surface area contributed by atoms with Crippen molar-refractivity contribution in [3.05, 3.63) is 240 Å². The molecule has 1 unspecified atom stereocenters. The molecular weight excluding hydrogens is 918 g/mol. The highest BCUT2D eigenvalue weighted by atomic mass is 16.3. The lowest BCUT2D eigenvalue weighted by molar-refractivity contribution is 0.590. The molecule has 360 valence electrons. The molecule has 0 amide bonds. The van der Waals surface area contributed by atoms with Crippen LogP contribution >= 0.6 is 0 Å². The Morgan fingerprint density at radius 2 is 0.961 bits per heavy atom. The summed E-state index contributed by atoms with van der Waals surface area (Å²) in [6.45, 7) is 14.0. The average Bonchev–Trinajstić information content (AvgIpc) is 4.10. The number of fused-ring (bicyclic) bond motifs is 18. The molecule has 0 saturated carbocycles. The van der Waals surface area contributed by atoms with E-state index in [-0.39, 0.29) is 23.6 Å². The number of benzene rings is 12. The molecule has 3 heteroatoms. The molecule has 76 heavy (non-hydrogen) atoms. The molecule has 0 spiro atoms. The molecule has 0 radical (unpaired) electrons. The average molecular weight is 972 g/mol. The number of rotatable bonds is 3. The van der Waals surface area contributed by atoms with E-state index in [1.807, 2.05) is 0 Å². The maximum absolute atomic E-state index is 7.16. The van der Waals surface area contributed by atoms with E-state index in [0.717, 1.165) is 16.6 Å². The molecule has 2 nitrogen and oxygen atoms in total. The number of hydrogen-bond donors (Lipinski definition) is 0. The zero-order valence-corrected chi connectivity index (χ0v) is 43.7. The lowest BCUT2D eigenvalue weighted by Crippen LogP contribution is -2.57. The molecule has 2 aromatic heterocycles. The summed E-state index contributed by atoms with van der Waals surface area (Å²) in [5, 5.41) is 15.2. The molecule has 14 aromatic rings. The number of aromatic nitrogens is 1. The Bertz CT molecular complexity index is 4770. The topological polar surface area (TPSA) is 18.1 Å². The number of nitrogens with zero attached hydrogens (tertiary/aromatic N) is 1. The van der Waals surface area contributed by atoms with Gasteiger partial charge in [0.05, 0.1) is 0 Å². The van der Waals surface area contributed by atoms with Gasteiger partial charge < -0.3 is 8.90 Å². The van der Waals surface area contributed by atoms with Gasteiger partial charge in [-0.1, -0.05) is 199 Å². The van der Waals surface area contributed by atoms with Gasteiger partial charge in [-0.3, -0.25) is 0 Å². The van der Waals surface area contributed by atoms with Gasteiger partial charge in [-0.15, -0.1) is 0 Å². The van der Waals surface area contributed by atoms with Crippen molar-refractivity contribution in [2.45, 2.75) is 58.3 Å². The maximum atomic E-state index is 7.16. The second-order valence-corrected chi connectivity index (χ2v) is 24.0. The molecule has 0 bridgehead atoms. The Morgan fingerprint density at radius 1 is 0.408 bits per heavy atom. The van der Waals surface area contributed by atoms with Crippen molar-refractivity contribution in [3.63, 3.8) is 0 Å². The van der Waals surface area contributed by atoms with Crippen LogP contribution in [0.25, 0.3) is 120 Å². The zero-order chi connectivity index (χ0) is 50.9. The third-order valence-electron chi connectivity index (χ3n) is 17.5. The molecule has 2 aliphatic rings. The van der Waals surface area contributed by atoms with Crippen LogP contribution in [0.15, 0.2) is 217 Å². The van der Waals surface area contributed by atoms with E-state index in [0.29, 0.717) is 0 Å². The standard InChI is InChI=1S/C73H54BNO/c1-72(2,3)49-29-30-64-58(38-49)59-39-50(73(4,5)6)40-62-69-68-55-27-17-18-28-65(55)76-66(68)41-61-67(48-32-44(42-19-9-7-10-20-42)31-45(33-48)43-21-11-8-12-22-43)60-36-46-34-56-53-25-15-13-23-51(53)52-24-14-16-26-54(52)57(56)35-47(46)37-63(60)74(70(61)69)75(64)71(59)62/h7-41,67H,1-6H3. The van der Waals surface area contributed by atoms with Crippen molar-refractivity contribution in [3.8, 4) is 33.4 Å². The molecule has 0 N–H and O–H groups in total. The van der Waals surface area contributed by atoms with Gasteiger partial charge >= 0.3 is 6.85 Å². The normalized spacial score (nSPS) is 14.3. The first kappa shape index (κ1) is 43.7. The van der Waals surface area contributed by atoms with Gasteiger partial charge in [0.25, 0.3) is 0 Å². The zero-order valence-electron chi connectivity index (χ0n) is 43.7. The lowest BCUT2D eigenvalue weighted by atomic mass is 9.41. The van der Waals surface area contributed by atoms with Crippen molar-refractivity contribution in [2.24, 2.45) is 0 Å². The predicted molar refractivity (Wildman–Crippen MR) is 325 cm³/mol. The van der Waals surface area contributed by atoms with Crippen molar-refractivity contribution in [1.29, 1.82) is 0 Å². The van der Waals surface area contributed by atoms with Crippen LogP contribution in [0.2, 0.25) is 0 Å². The van der Waals surface area contributed by atoms with Crippen molar-refractivity contribution in [1.82, 2.24) is 4.48 Å². The second kappa shape index (κ2) is 15.5. The van der Waals surface area contributed by atoms with Gasteiger partial charge in [-0.05, 0) is 175 Å². The smallest absolute Gasteiger partial charge is 0.329 e. The van der Waals surface area contributed by atoms with E-state index in [1.54, 1.807) is 0 Å². The van der Waals surface area contributed by atoms with Gasteiger partial charge in [0, 0.05) is 44.1 Å². The van der Waals surface area contributed by atoms with E-state index in [1.165, 1.54) is 142 Å². The van der Waals surface area contributed by atoms with Gasteiger partial charge in [0.15, 0.2) is 0 Å². The molecule has 0 fully saturated rings. The largest absolute Gasteiger partial charge is 0.456 e. The Labute approximate surface area is 443 Å². The Kier molecular flexibility index (Phi) is 8.90. The predicted octanol–water partition coefficient (Wildman–Crippen LogP) is 18.4. The number of para-hydroxylation sites is 1. The third-order valence-corrected chi connectivity index (χ3v) is 17.5. The van der Waals surface area contributed by atoms with E-state index >= 15 is 0 Å². The molecule has 0 aliphatic carbocycles. The summed E-state index contributed by atoms with van der Waals surface area (Å²) in [6.07, 6.45) is 0. The number of furan rings is 1. The molecule has 2 aliphatic heterocycles. The van der Waals surface area contributed by atoms with Gasteiger partial charge in [-0.25, -0.2) is 0 Å². The summed E-state index contributed by atoms with van der Waals surface area (Å²) in [4.78, 5) is 0. The highest BCUT2D eigenvalue weighted by molar-refractivity contribution is 6.89. The van der Waals surface area contributed by atoms with Crippen molar-refractivity contribution < 1.29 is 4.42 Å². The quantitative estimate of drug-likeness (QED) is 0.0980. The highest BCUT2D eigenvalue weighted by Gasteiger charge is 2.45. The van der Waals surface area contributed by atoms with Crippen LogP contribution < -0.4 is 10.9 Å². The summed E-state index contributed by atoms with van der Waals surface area (Å²) >= 11 is 0. The molecule has 4 heterocycles. The van der Waals surface area contributed by atoms with Crippen LogP contribution in [0.5, 0.6) is 0 Å². The van der Waals surface area contributed by atoms with Crippen LogP contribution in [-0.2, 0) is 10.8 Å². The van der Waals surface area contributed by atoms with E-state index < -0.39 is 0 Å². The molecule has 0 saturated heterocycles. The minimum atomic E-state index is -0.144. The van der Waals surface area contributed by atoms with Gasteiger partial charge in [-0.2, -0.15) is 0 Å². The van der Waals surface area contributed by atoms with E-state index in [9.17, 15) is 0 Å². The molecular formula is C73H54BNO. The van der Waals surface area contributed by atoms with Crippen LogP contribution in [0.4, 0.5) is 0 Å².